The number of halogens is 1. The summed E-state index contributed by atoms with van der Waals surface area (Å²) in [5.41, 5.74) is 4.56. The van der Waals surface area contributed by atoms with Gasteiger partial charge in [0.25, 0.3) is 0 Å². The normalized spacial score (nSPS) is 13.2. The first-order chi connectivity index (χ1) is 8.56. The molecule has 0 aliphatic heterocycles. The maximum absolute atomic E-state index is 6.22. The molecule has 1 unspecified atom stereocenters. The Kier molecular flexibility index (Phi) is 3.70. The van der Waals surface area contributed by atoms with Crippen LogP contribution in [0.5, 0.6) is 0 Å². The Bertz CT molecular complexity index is 529. The van der Waals surface area contributed by atoms with Gasteiger partial charge < -0.3 is 0 Å². The molecule has 18 heavy (non-hydrogen) atoms. The average Bonchev–Trinajstić information content (AvgIpc) is 2.89. The lowest BCUT2D eigenvalue weighted by Gasteiger charge is -2.20. The summed E-state index contributed by atoms with van der Waals surface area (Å²) in [7, 11) is 1.86. The minimum absolute atomic E-state index is 0.205. The van der Waals surface area contributed by atoms with Crippen molar-refractivity contribution in [1.82, 2.24) is 25.0 Å². The van der Waals surface area contributed by atoms with Crippen molar-refractivity contribution in [2.24, 2.45) is 12.9 Å². The van der Waals surface area contributed by atoms with E-state index in [1.165, 1.54) is 0 Å². The van der Waals surface area contributed by atoms with Gasteiger partial charge in [0.1, 0.15) is 6.04 Å². The second-order valence-electron chi connectivity index (χ2n) is 4.40. The average molecular weight is 269 g/mol. The highest BCUT2D eigenvalue weighted by atomic mass is 35.5. The van der Waals surface area contributed by atoms with Crippen LogP contribution in [0.3, 0.4) is 0 Å². The maximum atomic E-state index is 6.22. The summed E-state index contributed by atoms with van der Waals surface area (Å²) < 4.78 is 3.62. The highest BCUT2D eigenvalue weighted by Crippen LogP contribution is 2.29. The number of hydrogen-bond acceptors (Lipinski definition) is 4. The molecule has 0 radical (unpaired) electrons. The van der Waals surface area contributed by atoms with Crippen molar-refractivity contribution in [3.63, 3.8) is 0 Å². The first kappa shape index (κ1) is 13.1. The summed E-state index contributed by atoms with van der Waals surface area (Å²) in [5.74, 6) is 5.67. The molecule has 0 aromatic carbocycles. The second-order valence-corrected chi connectivity index (χ2v) is 4.80. The van der Waals surface area contributed by atoms with Crippen LogP contribution < -0.4 is 11.3 Å². The number of nitrogens with two attached hydrogens (primary N) is 1. The SMILES string of the molecule is CC(C)n1ncc(Cl)c1C(NN)c1ccnn1C. The van der Waals surface area contributed by atoms with Gasteiger partial charge in [-0.1, -0.05) is 11.6 Å². The summed E-state index contributed by atoms with van der Waals surface area (Å²) in [5, 5.41) is 9.02. The van der Waals surface area contributed by atoms with Crippen LogP contribution in [-0.4, -0.2) is 19.6 Å². The van der Waals surface area contributed by atoms with Crippen LogP contribution in [0.1, 0.15) is 37.3 Å². The lowest BCUT2D eigenvalue weighted by molar-refractivity contribution is 0.465. The summed E-state index contributed by atoms with van der Waals surface area (Å²) in [6.45, 7) is 4.09. The maximum Gasteiger partial charge on any atom is 0.106 e. The molecule has 0 bridgehead atoms. The number of nitrogens with one attached hydrogen (secondary N) is 1. The molecule has 0 saturated heterocycles. The molecule has 2 heterocycles. The smallest absolute Gasteiger partial charge is 0.106 e. The predicted octanol–water partition coefficient (Wildman–Crippen LogP) is 1.40. The molecule has 0 saturated carbocycles. The minimum atomic E-state index is -0.241. The summed E-state index contributed by atoms with van der Waals surface area (Å²) in [4.78, 5) is 0. The third-order valence-electron chi connectivity index (χ3n) is 2.87. The van der Waals surface area contributed by atoms with Crippen LogP contribution in [0.25, 0.3) is 0 Å². The van der Waals surface area contributed by atoms with Crippen LogP contribution >= 0.6 is 11.6 Å². The van der Waals surface area contributed by atoms with Gasteiger partial charge in [0, 0.05) is 19.3 Å². The van der Waals surface area contributed by atoms with Crippen LogP contribution in [0.2, 0.25) is 5.02 Å². The molecule has 0 fully saturated rings. The van der Waals surface area contributed by atoms with Gasteiger partial charge in [0.05, 0.1) is 22.6 Å². The molecule has 2 rings (SSSR count). The zero-order valence-corrected chi connectivity index (χ0v) is 11.4. The van der Waals surface area contributed by atoms with Gasteiger partial charge in [-0.15, -0.1) is 0 Å². The monoisotopic (exact) mass is 268 g/mol. The number of rotatable bonds is 4. The summed E-state index contributed by atoms with van der Waals surface area (Å²) >= 11 is 6.22. The molecule has 3 N–H and O–H groups in total. The van der Waals surface area contributed by atoms with Crippen LogP contribution in [0.4, 0.5) is 0 Å². The fraction of sp³-hybridized carbons (Fsp3) is 0.455. The van der Waals surface area contributed by atoms with Gasteiger partial charge >= 0.3 is 0 Å². The van der Waals surface area contributed by atoms with Crippen molar-refractivity contribution < 1.29 is 0 Å². The van der Waals surface area contributed by atoms with E-state index in [0.29, 0.717) is 5.02 Å². The van der Waals surface area contributed by atoms with Crippen LogP contribution in [0, 0.1) is 0 Å². The predicted molar refractivity (Wildman–Crippen MR) is 70.0 cm³/mol. The van der Waals surface area contributed by atoms with Gasteiger partial charge in [-0.3, -0.25) is 15.2 Å². The van der Waals surface area contributed by atoms with Crippen LogP contribution in [0.15, 0.2) is 18.5 Å². The van der Waals surface area contributed by atoms with Crippen molar-refractivity contribution in [3.8, 4) is 0 Å². The van der Waals surface area contributed by atoms with E-state index >= 15 is 0 Å². The first-order valence-electron chi connectivity index (χ1n) is 5.73. The van der Waals surface area contributed by atoms with Crippen molar-refractivity contribution in [1.29, 1.82) is 0 Å². The molecule has 0 spiro atoms. The number of aromatic nitrogens is 4. The molecule has 0 aliphatic rings. The van der Waals surface area contributed by atoms with Crippen molar-refractivity contribution in [2.75, 3.05) is 0 Å². The molecular formula is C11H17ClN6. The Morgan fingerprint density at radius 3 is 2.61 bits per heavy atom. The molecule has 0 amide bonds. The molecule has 2 aromatic heterocycles. The lowest BCUT2D eigenvalue weighted by atomic mass is 10.1. The number of hydrazine groups is 1. The van der Waals surface area contributed by atoms with Crippen molar-refractivity contribution in [2.45, 2.75) is 25.9 Å². The third-order valence-corrected chi connectivity index (χ3v) is 3.16. The molecule has 98 valence electrons. The van der Waals surface area contributed by atoms with E-state index in [4.69, 9.17) is 17.4 Å². The molecular weight excluding hydrogens is 252 g/mol. The number of nitrogens with zero attached hydrogens (tertiary/aromatic N) is 4. The molecule has 2 aromatic rings. The Morgan fingerprint density at radius 2 is 2.11 bits per heavy atom. The van der Waals surface area contributed by atoms with E-state index < -0.39 is 0 Å². The summed E-state index contributed by atoms with van der Waals surface area (Å²) in [6.07, 6.45) is 3.36. The number of hydrogen-bond donors (Lipinski definition) is 2. The quantitative estimate of drug-likeness (QED) is 0.649. The van der Waals surface area contributed by atoms with E-state index in [2.05, 4.69) is 15.6 Å². The van der Waals surface area contributed by atoms with Crippen LogP contribution in [-0.2, 0) is 7.05 Å². The standard InChI is InChI=1S/C11H17ClN6/c1-7(2)18-11(8(12)6-15-18)10(16-13)9-4-5-14-17(9)3/h4-7,10,16H,13H2,1-3H3. The highest BCUT2D eigenvalue weighted by Gasteiger charge is 2.24. The van der Waals surface area contributed by atoms with E-state index in [0.717, 1.165) is 11.4 Å². The van der Waals surface area contributed by atoms with E-state index in [1.54, 1.807) is 17.1 Å². The first-order valence-corrected chi connectivity index (χ1v) is 6.11. The van der Waals surface area contributed by atoms with E-state index in [9.17, 15) is 0 Å². The zero-order valence-electron chi connectivity index (χ0n) is 10.6. The van der Waals surface area contributed by atoms with Gasteiger partial charge in [-0.05, 0) is 19.9 Å². The summed E-state index contributed by atoms with van der Waals surface area (Å²) in [6, 6.07) is 1.87. The van der Waals surface area contributed by atoms with Gasteiger partial charge in [-0.2, -0.15) is 10.2 Å². The van der Waals surface area contributed by atoms with Crippen molar-refractivity contribution >= 4 is 11.6 Å². The molecule has 0 aliphatic carbocycles. The van der Waals surface area contributed by atoms with Gasteiger partial charge in [-0.25, -0.2) is 5.43 Å². The molecule has 7 heteroatoms. The Balaban J connectivity index is 2.52. The minimum Gasteiger partial charge on any atom is -0.271 e. The zero-order chi connectivity index (χ0) is 13.3. The Labute approximate surface area is 111 Å². The Morgan fingerprint density at radius 1 is 1.39 bits per heavy atom. The third kappa shape index (κ3) is 2.14. The van der Waals surface area contributed by atoms with Crippen molar-refractivity contribution in [3.05, 3.63) is 34.9 Å². The van der Waals surface area contributed by atoms with E-state index in [1.807, 2.05) is 31.6 Å². The second kappa shape index (κ2) is 5.09. The topological polar surface area (TPSA) is 73.7 Å². The molecule has 1 atom stereocenters. The van der Waals surface area contributed by atoms with Gasteiger partial charge in [0.15, 0.2) is 0 Å². The highest BCUT2D eigenvalue weighted by molar-refractivity contribution is 6.31. The fourth-order valence-corrected chi connectivity index (χ4v) is 2.24. The fourth-order valence-electron chi connectivity index (χ4n) is 2.00. The Hall–Kier alpha value is -1.37. The molecule has 6 nitrogen and oxygen atoms in total. The largest absolute Gasteiger partial charge is 0.271 e. The van der Waals surface area contributed by atoms with Gasteiger partial charge in [0.2, 0.25) is 0 Å². The number of aryl methyl sites for hydroxylation is 1. The lowest BCUT2D eigenvalue weighted by Crippen LogP contribution is -2.32. The van der Waals surface area contributed by atoms with E-state index in [-0.39, 0.29) is 12.1 Å².